The summed E-state index contributed by atoms with van der Waals surface area (Å²) in [7, 11) is 0. The molecule has 25 heavy (non-hydrogen) atoms. The van der Waals surface area contributed by atoms with Gasteiger partial charge in [-0.1, -0.05) is 48.0 Å². The van der Waals surface area contributed by atoms with Gasteiger partial charge in [-0.2, -0.15) is 0 Å². The van der Waals surface area contributed by atoms with Crippen molar-refractivity contribution in [1.29, 1.82) is 0 Å². The summed E-state index contributed by atoms with van der Waals surface area (Å²) in [6.45, 7) is 1.53. The number of ether oxygens (including phenoxy) is 1. The van der Waals surface area contributed by atoms with E-state index in [1.807, 2.05) is 30.3 Å². The summed E-state index contributed by atoms with van der Waals surface area (Å²) in [6.07, 6.45) is -0.932. The van der Waals surface area contributed by atoms with E-state index >= 15 is 0 Å². The van der Waals surface area contributed by atoms with Gasteiger partial charge in [-0.15, -0.1) is 0 Å². The lowest BCUT2D eigenvalue weighted by Gasteiger charge is -2.14. The summed E-state index contributed by atoms with van der Waals surface area (Å²) in [5, 5.41) is 5.15. The SMILES string of the molecule is C[C@@H](OC(=O)c1ccc2ccccc2c1)C(=O)Nc1cccc(Cl)c1. The number of anilines is 1. The van der Waals surface area contributed by atoms with Crippen LogP contribution in [0.4, 0.5) is 5.69 Å². The molecule has 3 aromatic carbocycles. The van der Waals surface area contributed by atoms with Gasteiger partial charge in [-0.05, 0) is 48.0 Å². The third kappa shape index (κ3) is 4.17. The van der Waals surface area contributed by atoms with Crippen LogP contribution < -0.4 is 5.32 Å². The van der Waals surface area contributed by atoms with Crippen molar-refractivity contribution in [2.75, 3.05) is 5.32 Å². The van der Waals surface area contributed by atoms with E-state index in [9.17, 15) is 9.59 Å². The van der Waals surface area contributed by atoms with Crippen LogP contribution in [0, 0.1) is 0 Å². The number of nitrogens with one attached hydrogen (secondary N) is 1. The van der Waals surface area contributed by atoms with Crippen molar-refractivity contribution in [2.24, 2.45) is 0 Å². The zero-order valence-electron chi connectivity index (χ0n) is 13.5. The summed E-state index contributed by atoms with van der Waals surface area (Å²) in [5.41, 5.74) is 0.951. The zero-order valence-corrected chi connectivity index (χ0v) is 14.3. The second kappa shape index (κ2) is 7.36. The Balaban J connectivity index is 1.67. The van der Waals surface area contributed by atoms with E-state index < -0.39 is 18.0 Å². The monoisotopic (exact) mass is 353 g/mol. The Hall–Kier alpha value is -2.85. The highest BCUT2D eigenvalue weighted by atomic mass is 35.5. The number of benzene rings is 3. The largest absolute Gasteiger partial charge is 0.449 e. The fourth-order valence-electron chi connectivity index (χ4n) is 2.41. The van der Waals surface area contributed by atoms with Crippen LogP contribution in [0.1, 0.15) is 17.3 Å². The normalized spacial score (nSPS) is 11.8. The highest BCUT2D eigenvalue weighted by molar-refractivity contribution is 6.30. The van der Waals surface area contributed by atoms with Gasteiger partial charge in [0.15, 0.2) is 6.10 Å². The number of carbonyl (C=O) groups excluding carboxylic acids is 2. The average Bonchev–Trinajstić information content (AvgIpc) is 2.61. The van der Waals surface area contributed by atoms with Crippen LogP contribution in [0.3, 0.4) is 0 Å². The quantitative estimate of drug-likeness (QED) is 0.693. The van der Waals surface area contributed by atoms with Gasteiger partial charge in [0.25, 0.3) is 5.91 Å². The molecule has 0 bridgehead atoms. The molecule has 0 aliphatic carbocycles. The first-order valence-corrected chi connectivity index (χ1v) is 8.17. The van der Waals surface area contributed by atoms with Gasteiger partial charge in [0.2, 0.25) is 0 Å². The molecule has 0 aliphatic rings. The molecule has 1 amide bonds. The molecule has 4 nitrogen and oxygen atoms in total. The van der Waals surface area contributed by atoms with Crippen molar-refractivity contribution in [2.45, 2.75) is 13.0 Å². The molecule has 5 heteroatoms. The van der Waals surface area contributed by atoms with Gasteiger partial charge < -0.3 is 10.1 Å². The minimum atomic E-state index is -0.932. The van der Waals surface area contributed by atoms with E-state index in [1.54, 1.807) is 36.4 Å². The Morgan fingerprint density at radius 2 is 1.72 bits per heavy atom. The van der Waals surface area contributed by atoms with E-state index in [-0.39, 0.29) is 0 Å². The van der Waals surface area contributed by atoms with Gasteiger partial charge in [0.1, 0.15) is 0 Å². The van der Waals surface area contributed by atoms with Crippen LogP contribution in [0.5, 0.6) is 0 Å². The molecule has 0 radical (unpaired) electrons. The molecule has 3 rings (SSSR count). The first-order chi connectivity index (χ1) is 12.0. The highest BCUT2D eigenvalue weighted by Gasteiger charge is 2.19. The molecular formula is C20H16ClNO3. The fraction of sp³-hybridized carbons (Fsp3) is 0.100. The molecule has 0 saturated carbocycles. The number of fused-ring (bicyclic) bond motifs is 1. The molecular weight excluding hydrogens is 338 g/mol. The van der Waals surface area contributed by atoms with Gasteiger partial charge in [0.05, 0.1) is 5.56 Å². The fourth-order valence-corrected chi connectivity index (χ4v) is 2.60. The van der Waals surface area contributed by atoms with Crippen LogP contribution in [0.2, 0.25) is 5.02 Å². The van der Waals surface area contributed by atoms with Crippen LogP contribution in [-0.2, 0) is 9.53 Å². The zero-order chi connectivity index (χ0) is 17.8. The number of carbonyl (C=O) groups is 2. The summed E-state index contributed by atoms with van der Waals surface area (Å²) in [6, 6.07) is 19.8. The first-order valence-electron chi connectivity index (χ1n) is 7.79. The topological polar surface area (TPSA) is 55.4 Å². The van der Waals surface area contributed by atoms with E-state index in [1.165, 1.54) is 6.92 Å². The van der Waals surface area contributed by atoms with E-state index in [4.69, 9.17) is 16.3 Å². The Bertz CT molecular complexity index is 939. The number of hydrogen-bond acceptors (Lipinski definition) is 3. The molecule has 1 N–H and O–H groups in total. The summed E-state index contributed by atoms with van der Waals surface area (Å²) in [4.78, 5) is 24.5. The second-order valence-electron chi connectivity index (χ2n) is 5.61. The minimum absolute atomic E-state index is 0.404. The maximum absolute atomic E-state index is 12.3. The highest BCUT2D eigenvalue weighted by Crippen LogP contribution is 2.18. The predicted octanol–water partition coefficient (Wildman–Crippen LogP) is 4.68. The van der Waals surface area contributed by atoms with Crippen LogP contribution in [-0.4, -0.2) is 18.0 Å². The number of esters is 1. The molecule has 0 spiro atoms. The summed E-state index contributed by atoms with van der Waals surface area (Å²) >= 11 is 5.88. The number of hydrogen-bond donors (Lipinski definition) is 1. The van der Waals surface area contributed by atoms with Crippen molar-refractivity contribution in [3.63, 3.8) is 0 Å². The van der Waals surface area contributed by atoms with Crippen LogP contribution in [0.25, 0.3) is 10.8 Å². The lowest BCUT2D eigenvalue weighted by molar-refractivity contribution is -0.123. The number of rotatable bonds is 4. The predicted molar refractivity (Wildman–Crippen MR) is 98.9 cm³/mol. The molecule has 0 fully saturated rings. The van der Waals surface area contributed by atoms with E-state index in [0.717, 1.165) is 10.8 Å². The Morgan fingerprint density at radius 3 is 2.48 bits per heavy atom. The van der Waals surface area contributed by atoms with E-state index in [2.05, 4.69) is 5.32 Å². The third-order valence-electron chi connectivity index (χ3n) is 3.73. The number of halogens is 1. The lowest BCUT2D eigenvalue weighted by Crippen LogP contribution is -2.30. The van der Waals surface area contributed by atoms with Crippen molar-refractivity contribution in [3.05, 3.63) is 77.3 Å². The molecule has 3 aromatic rings. The Kier molecular flexibility index (Phi) is 5.00. The maximum atomic E-state index is 12.3. The molecule has 0 saturated heterocycles. The Labute approximate surface area is 150 Å². The molecule has 0 unspecified atom stereocenters. The number of amides is 1. The summed E-state index contributed by atoms with van der Waals surface area (Å²) in [5.74, 6) is -0.962. The van der Waals surface area contributed by atoms with Crippen molar-refractivity contribution >= 4 is 39.9 Å². The maximum Gasteiger partial charge on any atom is 0.338 e. The first kappa shape index (κ1) is 17.0. The second-order valence-corrected chi connectivity index (χ2v) is 6.05. The third-order valence-corrected chi connectivity index (χ3v) is 3.97. The average molecular weight is 354 g/mol. The molecule has 1 atom stereocenters. The van der Waals surface area contributed by atoms with Crippen LogP contribution >= 0.6 is 11.6 Å². The standard InChI is InChI=1S/C20H16ClNO3/c1-13(19(23)22-18-8-4-7-17(21)12-18)25-20(24)16-10-9-14-5-2-3-6-15(14)11-16/h2-13H,1H3,(H,22,23)/t13-/m1/s1. The summed E-state index contributed by atoms with van der Waals surface area (Å²) < 4.78 is 5.27. The van der Waals surface area contributed by atoms with Gasteiger partial charge in [0, 0.05) is 10.7 Å². The molecule has 0 aromatic heterocycles. The molecule has 0 aliphatic heterocycles. The smallest absolute Gasteiger partial charge is 0.338 e. The lowest BCUT2D eigenvalue weighted by atomic mass is 10.1. The van der Waals surface area contributed by atoms with Crippen molar-refractivity contribution in [1.82, 2.24) is 0 Å². The van der Waals surface area contributed by atoms with Gasteiger partial charge in [-0.25, -0.2) is 4.79 Å². The van der Waals surface area contributed by atoms with Crippen molar-refractivity contribution in [3.8, 4) is 0 Å². The van der Waals surface area contributed by atoms with E-state index in [0.29, 0.717) is 16.3 Å². The molecule has 126 valence electrons. The van der Waals surface area contributed by atoms with Gasteiger partial charge >= 0.3 is 5.97 Å². The minimum Gasteiger partial charge on any atom is -0.449 e. The van der Waals surface area contributed by atoms with Gasteiger partial charge in [-0.3, -0.25) is 4.79 Å². The Morgan fingerprint density at radius 1 is 0.960 bits per heavy atom. The van der Waals surface area contributed by atoms with Crippen LogP contribution in [0.15, 0.2) is 66.7 Å². The molecule has 0 heterocycles. The van der Waals surface area contributed by atoms with Crippen molar-refractivity contribution < 1.29 is 14.3 Å².